The quantitative estimate of drug-likeness (QED) is 0.247. The minimum atomic E-state index is -0.00947. The highest BCUT2D eigenvalue weighted by atomic mass is 14.4. The first-order valence-corrected chi connectivity index (χ1v) is 12.0. The van der Waals surface area contributed by atoms with Crippen molar-refractivity contribution in [3.8, 4) is 22.3 Å². The molecule has 5 aromatic carbocycles. The van der Waals surface area contributed by atoms with Gasteiger partial charge < -0.3 is 0 Å². The third-order valence-electron chi connectivity index (χ3n) is 7.81. The number of rotatable bonds is 3. The molecule has 0 radical (unpaired) electrons. The second-order valence-electron chi connectivity index (χ2n) is 9.84. The number of benzene rings is 5. The van der Waals surface area contributed by atoms with Crippen molar-refractivity contribution in [3.05, 3.63) is 126 Å². The van der Waals surface area contributed by atoms with E-state index in [1.54, 1.807) is 0 Å². The number of hydrogen-bond acceptors (Lipinski definition) is 0. The maximum Gasteiger partial charge on any atom is 0.0118 e. The summed E-state index contributed by atoms with van der Waals surface area (Å²) in [6, 6.07) is 35.5. The van der Waals surface area contributed by atoms with Gasteiger partial charge in [-0.05, 0) is 73.5 Å². The van der Waals surface area contributed by atoms with Crippen molar-refractivity contribution in [1.82, 2.24) is 0 Å². The lowest BCUT2D eigenvalue weighted by Gasteiger charge is -2.24. The van der Waals surface area contributed by atoms with Gasteiger partial charge in [0, 0.05) is 5.41 Å². The van der Waals surface area contributed by atoms with E-state index in [0.29, 0.717) is 0 Å². The van der Waals surface area contributed by atoms with Crippen LogP contribution in [0.4, 0.5) is 0 Å². The Labute approximate surface area is 201 Å². The molecule has 0 aliphatic heterocycles. The van der Waals surface area contributed by atoms with E-state index in [9.17, 15) is 0 Å². The first-order chi connectivity index (χ1) is 16.5. The summed E-state index contributed by atoms with van der Waals surface area (Å²) in [4.78, 5) is 0. The molecule has 0 aromatic heterocycles. The summed E-state index contributed by atoms with van der Waals surface area (Å²) < 4.78 is 0. The summed E-state index contributed by atoms with van der Waals surface area (Å²) in [6.07, 6.45) is 2.02. The minimum Gasteiger partial charge on any atom is -0.0984 e. The average Bonchev–Trinajstić information content (AvgIpc) is 3.07. The largest absolute Gasteiger partial charge is 0.0984 e. The molecule has 0 saturated heterocycles. The van der Waals surface area contributed by atoms with Crippen LogP contribution in [0.25, 0.3) is 49.4 Å². The van der Waals surface area contributed by atoms with Crippen LogP contribution in [0.15, 0.2) is 115 Å². The third kappa shape index (κ3) is 2.85. The summed E-state index contributed by atoms with van der Waals surface area (Å²) >= 11 is 0. The standard InChI is InChI=1S/C34H28/c1-5-25-22(2)34(3,4)31-21-24(19-20-26(25)31)33-29-17-11-9-15-27(29)32(23-13-7-6-8-14-23)28-16-10-12-18-30(28)33/h5-21H,1H2,2-4H3. The molecule has 0 saturated carbocycles. The Morgan fingerprint density at radius 1 is 0.618 bits per heavy atom. The van der Waals surface area contributed by atoms with Crippen LogP contribution in [-0.2, 0) is 5.41 Å². The minimum absolute atomic E-state index is 0.00947. The molecular weight excluding hydrogens is 408 g/mol. The van der Waals surface area contributed by atoms with E-state index in [2.05, 4.69) is 124 Å². The first-order valence-electron chi connectivity index (χ1n) is 12.0. The van der Waals surface area contributed by atoms with Gasteiger partial charge >= 0.3 is 0 Å². The van der Waals surface area contributed by atoms with Crippen molar-refractivity contribution >= 4 is 27.1 Å². The van der Waals surface area contributed by atoms with E-state index in [1.165, 1.54) is 66.1 Å². The van der Waals surface area contributed by atoms with Crippen molar-refractivity contribution in [3.63, 3.8) is 0 Å². The van der Waals surface area contributed by atoms with Crippen LogP contribution in [-0.4, -0.2) is 0 Å². The summed E-state index contributed by atoms with van der Waals surface area (Å²) in [5.74, 6) is 0. The highest BCUT2D eigenvalue weighted by molar-refractivity contribution is 6.21. The summed E-state index contributed by atoms with van der Waals surface area (Å²) in [5, 5.41) is 5.18. The molecule has 0 N–H and O–H groups in total. The molecule has 164 valence electrons. The van der Waals surface area contributed by atoms with Crippen molar-refractivity contribution < 1.29 is 0 Å². The van der Waals surface area contributed by atoms with E-state index in [0.717, 1.165) is 0 Å². The molecule has 0 heteroatoms. The van der Waals surface area contributed by atoms with Crippen LogP contribution in [0, 0.1) is 0 Å². The zero-order chi connectivity index (χ0) is 23.4. The molecule has 0 bridgehead atoms. The Morgan fingerprint density at radius 3 is 1.65 bits per heavy atom. The molecule has 1 aliphatic carbocycles. The maximum atomic E-state index is 4.10. The fraction of sp³-hybridized carbons (Fsp3) is 0.118. The summed E-state index contributed by atoms with van der Waals surface area (Å²) in [7, 11) is 0. The summed E-state index contributed by atoms with van der Waals surface area (Å²) in [5.41, 5.74) is 10.5. The van der Waals surface area contributed by atoms with Crippen molar-refractivity contribution in [1.29, 1.82) is 0 Å². The molecule has 0 atom stereocenters. The van der Waals surface area contributed by atoms with Crippen molar-refractivity contribution in [2.24, 2.45) is 0 Å². The third-order valence-corrected chi connectivity index (χ3v) is 7.81. The zero-order valence-electron chi connectivity index (χ0n) is 20.0. The van der Waals surface area contributed by atoms with Gasteiger partial charge in [0.2, 0.25) is 0 Å². The fourth-order valence-electron chi connectivity index (χ4n) is 5.81. The Kier molecular flexibility index (Phi) is 4.61. The average molecular weight is 437 g/mol. The number of allylic oxidation sites excluding steroid dienone is 3. The van der Waals surface area contributed by atoms with E-state index in [-0.39, 0.29) is 5.41 Å². The van der Waals surface area contributed by atoms with Gasteiger partial charge in [-0.25, -0.2) is 0 Å². The van der Waals surface area contributed by atoms with Crippen LogP contribution < -0.4 is 0 Å². The van der Waals surface area contributed by atoms with E-state index in [1.807, 2.05) is 6.08 Å². The second-order valence-corrected chi connectivity index (χ2v) is 9.84. The maximum absolute atomic E-state index is 4.10. The zero-order valence-corrected chi connectivity index (χ0v) is 20.0. The molecule has 0 fully saturated rings. The predicted molar refractivity (Wildman–Crippen MR) is 148 cm³/mol. The van der Waals surface area contributed by atoms with E-state index < -0.39 is 0 Å². The molecule has 0 spiro atoms. The lowest BCUT2D eigenvalue weighted by atomic mass is 9.80. The van der Waals surface area contributed by atoms with Gasteiger partial charge in [0.15, 0.2) is 0 Å². The normalized spacial score (nSPS) is 14.6. The predicted octanol–water partition coefficient (Wildman–Crippen LogP) is 9.58. The van der Waals surface area contributed by atoms with Gasteiger partial charge in [-0.15, -0.1) is 0 Å². The monoisotopic (exact) mass is 436 g/mol. The number of hydrogen-bond donors (Lipinski definition) is 0. The topological polar surface area (TPSA) is 0 Å². The molecule has 0 nitrogen and oxygen atoms in total. The highest BCUT2D eigenvalue weighted by Crippen LogP contribution is 2.49. The summed E-state index contributed by atoms with van der Waals surface area (Å²) in [6.45, 7) is 11.0. The van der Waals surface area contributed by atoms with Gasteiger partial charge in [0.25, 0.3) is 0 Å². The van der Waals surface area contributed by atoms with Crippen LogP contribution >= 0.6 is 0 Å². The van der Waals surface area contributed by atoms with Gasteiger partial charge in [0.05, 0.1) is 0 Å². The lowest BCUT2D eigenvalue weighted by Crippen LogP contribution is -2.15. The smallest absolute Gasteiger partial charge is 0.0118 e. The highest BCUT2D eigenvalue weighted by Gasteiger charge is 2.34. The molecule has 0 unspecified atom stereocenters. The Hall–Kier alpha value is -3.90. The van der Waals surface area contributed by atoms with E-state index >= 15 is 0 Å². The Bertz CT molecular complexity index is 1570. The van der Waals surface area contributed by atoms with Gasteiger partial charge in [-0.3, -0.25) is 0 Å². The lowest BCUT2D eigenvalue weighted by molar-refractivity contribution is 0.639. The fourth-order valence-corrected chi connectivity index (χ4v) is 5.81. The molecule has 5 aromatic rings. The molecule has 6 rings (SSSR count). The van der Waals surface area contributed by atoms with Crippen LogP contribution in [0.2, 0.25) is 0 Å². The SMILES string of the molecule is C=CC1=C(C)C(C)(C)c2cc(-c3c4ccccc4c(-c4ccccc4)c4ccccc34)ccc21. The molecular formula is C34H28. The first kappa shape index (κ1) is 20.7. The molecule has 0 heterocycles. The van der Waals surface area contributed by atoms with Gasteiger partial charge in [-0.2, -0.15) is 0 Å². The van der Waals surface area contributed by atoms with E-state index in [4.69, 9.17) is 0 Å². The van der Waals surface area contributed by atoms with Gasteiger partial charge in [-0.1, -0.05) is 123 Å². The molecule has 34 heavy (non-hydrogen) atoms. The number of fused-ring (bicyclic) bond motifs is 3. The molecule has 0 amide bonds. The second kappa shape index (κ2) is 7.57. The van der Waals surface area contributed by atoms with Crippen LogP contribution in [0.1, 0.15) is 31.9 Å². The van der Waals surface area contributed by atoms with Crippen LogP contribution in [0.5, 0.6) is 0 Å². The molecule has 1 aliphatic rings. The van der Waals surface area contributed by atoms with Crippen LogP contribution in [0.3, 0.4) is 0 Å². The Balaban J connectivity index is 1.72. The van der Waals surface area contributed by atoms with Gasteiger partial charge in [0.1, 0.15) is 0 Å². The van der Waals surface area contributed by atoms with Crippen molar-refractivity contribution in [2.45, 2.75) is 26.2 Å². The Morgan fingerprint density at radius 2 is 1.12 bits per heavy atom. The van der Waals surface area contributed by atoms with Crippen molar-refractivity contribution in [2.75, 3.05) is 0 Å².